The normalized spacial score (nSPS) is 15.5. The molecular formula is C27H28N2O4S2. The molecule has 0 saturated heterocycles. The fraction of sp³-hybridized carbons (Fsp3) is 0.296. The Morgan fingerprint density at radius 2 is 2.03 bits per heavy atom. The van der Waals surface area contributed by atoms with Crippen molar-refractivity contribution >= 4 is 34.7 Å². The smallest absolute Gasteiger partial charge is 0.338 e. The minimum absolute atomic E-state index is 0.0790. The predicted octanol–water partition coefficient (Wildman–Crippen LogP) is 4.59. The van der Waals surface area contributed by atoms with Crippen LogP contribution in [0, 0.1) is 0 Å². The van der Waals surface area contributed by atoms with E-state index in [1.807, 2.05) is 47.9 Å². The van der Waals surface area contributed by atoms with Crippen LogP contribution in [0.4, 0.5) is 0 Å². The summed E-state index contributed by atoms with van der Waals surface area (Å²) in [7, 11) is 0. The summed E-state index contributed by atoms with van der Waals surface area (Å²) < 4.78 is 13.4. The Hall–Kier alpha value is -3.23. The highest BCUT2D eigenvalue weighted by Gasteiger charge is 2.33. The van der Waals surface area contributed by atoms with Crippen LogP contribution < -0.4 is 19.6 Å². The van der Waals surface area contributed by atoms with Crippen LogP contribution in [0.2, 0.25) is 0 Å². The summed E-state index contributed by atoms with van der Waals surface area (Å²) in [5, 5.41) is 1.97. The first-order valence-corrected chi connectivity index (χ1v) is 13.3. The summed E-state index contributed by atoms with van der Waals surface area (Å²) in [6.07, 6.45) is 6.64. The zero-order chi connectivity index (χ0) is 24.8. The molecule has 0 saturated carbocycles. The molecule has 0 bridgehead atoms. The number of thiazole rings is 1. The summed E-state index contributed by atoms with van der Waals surface area (Å²) in [5.74, 6) is 0.245. The van der Waals surface area contributed by atoms with E-state index in [0.29, 0.717) is 27.2 Å². The van der Waals surface area contributed by atoms with Crippen LogP contribution in [0.25, 0.3) is 6.08 Å². The van der Waals surface area contributed by atoms with Gasteiger partial charge in [0.2, 0.25) is 0 Å². The van der Waals surface area contributed by atoms with Crippen molar-refractivity contribution in [3.63, 3.8) is 0 Å². The number of carbonyl (C=O) groups excluding carboxylic acids is 1. The van der Waals surface area contributed by atoms with Crippen LogP contribution in [-0.4, -0.2) is 23.8 Å². The fourth-order valence-electron chi connectivity index (χ4n) is 3.90. The molecule has 35 heavy (non-hydrogen) atoms. The van der Waals surface area contributed by atoms with Gasteiger partial charge in [0.1, 0.15) is 12.4 Å². The van der Waals surface area contributed by atoms with E-state index in [0.717, 1.165) is 35.5 Å². The molecule has 1 aliphatic heterocycles. The van der Waals surface area contributed by atoms with Crippen LogP contribution >= 0.6 is 22.7 Å². The SMILES string of the molecule is C=CCOC(=O)C1=C(C)N=c2sc(=Cc3cccs3)c(=O)n2C1c1ccc(OCCCCC)cc1. The molecule has 1 unspecified atom stereocenters. The van der Waals surface area contributed by atoms with Crippen LogP contribution in [0.5, 0.6) is 5.75 Å². The van der Waals surface area contributed by atoms with Crippen LogP contribution in [0.15, 0.2) is 75.5 Å². The molecule has 1 aliphatic rings. The summed E-state index contributed by atoms with van der Waals surface area (Å²) >= 11 is 2.88. The molecule has 3 aromatic rings. The summed E-state index contributed by atoms with van der Waals surface area (Å²) in [4.78, 5) is 32.8. The molecule has 0 aliphatic carbocycles. The topological polar surface area (TPSA) is 69.9 Å². The number of allylic oxidation sites excluding steroid dienone is 1. The quantitative estimate of drug-likeness (QED) is 0.228. The molecule has 0 fully saturated rings. The second kappa shape index (κ2) is 11.5. The monoisotopic (exact) mass is 508 g/mol. The van der Waals surface area contributed by atoms with Gasteiger partial charge in [0.15, 0.2) is 4.80 Å². The van der Waals surface area contributed by atoms with E-state index in [-0.39, 0.29) is 12.2 Å². The predicted molar refractivity (Wildman–Crippen MR) is 141 cm³/mol. The van der Waals surface area contributed by atoms with Gasteiger partial charge in [-0.25, -0.2) is 9.79 Å². The maximum absolute atomic E-state index is 13.6. The minimum atomic E-state index is -0.650. The van der Waals surface area contributed by atoms with Gasteiger partial charge >= 0.3 is 5.97 Å². The molecule has 2 aromatic heterocycles. The molecule has 0 N–H and O–H groups in total. The Balaban J connectivity index is 1.78. The van der Waals surface area contributed by atoms with Crippen molar-refractivity contribution in [2.24, 2.45) is 4.99 Å². The van der Waals surface area contributed by atoms with Gasteiger partial charge in [-0.15, -0.1) is 11.3 Å². The van der Waals surface area contributed by atoms with Gasteiger partial charge in [0.05, 0.1) is 28.5 Å². The van der Waals surface area contributed by atoms with E-state index < -0.39 is 12.0 Å². The van der Waals surface area contributed by atoms with Crippen molar-refractivity contribution in [3.8, 4) is 5.75 Å². The second-order valence-electron chi connectivity index (χ2n) is 8.11. The summed E-state index contributed by atoms with van der Waals surface area (Å²) in [5.41, 5.74) is 1.48. The highest BCUT2D eigenvalue weighted by molar-refractivity contribution is 7.11. The highest BCUT2D eigenvalue weighted by atomic mass is 32.1. The lowest BCUT2D eigenvalue weighted by Gasteiger charge is -2.24. The zero-order valence-electron chi connectivity index (χ0n) is 19.9. The lowest BCUT2D eigenvalue weighted by atomic mass is 9.96. The number of esters is 1. The van der Waals surface area contributed by atoms with Gasteiger partial charge in [0.25, 0.3) is 5.56 Å². The zero-order valence-corrected chi connectivity index (χ0v) is 21.5. The first kappa shape index (κ1) is 24.9. The Labute approximate surface area is 212 Å². The van der Waals surface area contributed by atoms with Crippen LogP contribution in [0.3, 0.4) is 0 Å². The summed E-state index contributed by atoms with van der Waals surface area (Å²) in [6.45, 7) is 8.29. The first-order valence-electron chi connectivity index (χ1n) is 11.6. The number of fused-ring (bicyclic) bond motifs is 1. The highest BCUT2D eigenvalue weighted by Crippen LogP contribution is 2.31. The standard InChI is InChI=1S/C27H28N2O4S2/c1-4-6-7-15-32-20-12-10-19(11-13-20)24-23(26(31)33-14-5-2)18(3)28-27-29(24)25(30)22(35-27)17-21-9-8-16-34-21/h5,8-13,16-17,24H,2,4,6-7,14-15H2,1,3H3. The lowest BCUT2D eigenvalue weighted by molar-refractivity contribution is -0.138. The number of hydrogen-bond donors (Lipinski definition) is 0. The molecule has 0 radical (unpaired) electrons. The van der Waals surface area contributed by atoms with E-state index in [2.05, 4.69) is 18.5 Å². The van der Waals surface area contributed by atoms with Crippen molar-refractivity contribution in [2.45, 2.75) is 39.2 Å². The van der Waals surface area contributed by atoms with Crippen molar-refractivity contribution in [3.05, 3.63) is 95.8 Å². The molecule has 0 amide bonds. The molecule has 4 rings (SSSR count). The number of thiophene rings is 1. The van der Waals surface area contributed by atoms with E-state index in [1.54, 1.807) is 22.8 Å². The van der Waals surface area contributed by atoms with Gasteiger partial charge in [-0.2, -0.15) is 0 Å². The maximum atomic E-state index is 13.6. The van der Waals surface area contributed by atoms with Gasteiger partial charge in [-0.05, 0) is 48.6 Å². The number of hydrogen-bond acceptors (Lipinski definition) is 7. The number of benzene rings is 1. The third-order valence-corrected chi connectivity index (χ3v) is 7.41. The van der Waals surface area contributed by atoms with Crippen molar-refractivity contribution < 1.29 is 14.3 Å². The molecule has 0 spiro atoms. The lowest BCUT2D eigenvalue weighted by Crippen LogP contribution is -2.39. The average Bonchev–Trinajstić information content (AvgIpc) is 3.48. The van der Waals surface area contributed by atoms with Crippen LogP contribution in [0.1, 0.15) is 49.6 Å². The maximum Gasteiger partial charge on any atom is 0.338 e. The number of aromatic nitrogens is 1. The van der Waals surface area contributed by atoms with Crippen LogP contribution in [-0.2, 0) is 9.53 Å². The fourth-order valence-corrected chi connectivity index (χ4v) is 5.67. The molecule has 1 aromatic carbocycles. The van der Waals surface area contributed by atoms with Crippen molar-refractivity contribution in [1.82, 2.24) is 4.57 Å². The molecule has 3 heterocycles. The Bertz CT molecular complexity index is 1400. The molecule has 8 heteroatoms. The molecule has 1 atom stereocenters. The minimum Gasteiger partial charge on any atom is -0.494 e. The van der Waals surface area contributed by atoms with Gasteiger partial charge in [0, 0.05) is 4.88 Å². The van der Waals surface area contributed by atoms with E-state index >= 15 is 0 Å². The van der Waals surface area contributed by atoms with Crippen molar-refractivity contribution in [1.29, 1.82) is 0 Å². The van der Waals surface area contributed by atoms with E-state index in [4.69, 9.17) is 9.47 Å². The van der Waals surface area contributed by atoms with Gasteiger partial charge in [-0.1, -0.05) is 62.0 Å². The average molecular weight is 509 g/mol. The number of carbonyl (C=O) groups is 1. The Kier molecular flexibility index (Phi) is 8.15. The van der Waals surface area contributed by atoms with Gasteiger partial charge < -0.3 is 9.47 Å². The summed E-state index contributed by atoms with van der Waals surface area (Å²) in [6, 6.07) is 10.8. The Morgan fingerprint density at radius 3 is 2.71 bits per heavy atom. The van der Waals surface area contributed by atoms with E-state index in [1.165, 1.54) is 17.4 Å². The second-order valence-corrected chi connectivity index (χ2v) is 10.1. The number of rotatable bonds is 10. The number of unbranched alkanes of at least 4 members (excludes halogenated alkanes) is 2. The van der Waals surface area contributed by atoms with E-state index in [9.17, 15) is 9.59 Å². The largest absolute Gasteiger partial charge is 0.494 e. The molecule has 182 valence electrons. The number of ether oxygens (including phenoxy) is 2. The number of nitrogens with zero attached hydrogens (tertiary/aromatic N) is 2. The third-order valence-electron chi connectivity index (χ3n) is 5.60. The molecule has 6 nitrogen and oxygen atoms in total. The Morgan fingerprint density at radius 1 is 1.23 bits per heavy atom. The van der Waals surface area contributed by atoms with Crippen molar-refractivity contribution in [2.75, 3.05) is 13.2 Å². The van der Waals surface area contributed by atoms with Gasteiger partial charge in [-0.3, -0.25) is 9.36 Å². The first-order chi connectivity index (χ1) is 17.0. The molecular weight excluding hydrogens is 480 g/mol. The third kappa shape index (κ3) is 5.55.